The quantitative estimate of drug-likeness (QED) is 0.820. The second-order valence-corrected chi connectivity index (χ2v) is 8.72. The molecule has 1 aliphatic rings. The van der Waals surface area contributed by atoms with Gasteiger partial charge in [0.05, 0.1) is 15.9 Å². The molecule has 6 heteroatoms. The molecule has 0 aromatic heterocycles. The van der Waals surface area contributed by atoms with E-state index in [-0.39, 0.29) is 11.0 Å². The largest absolute Gasteiger partial charge is 0.399 e. The zero-order valence-electron chi connectivity index (χ0n) is 10.4. The Bertz CT molecular complexity index is 774. The number of halogens is 1. The predicted octanol–water partition coefficient (Wildman–Crippen LogP) is 3.65. The number of benzene rings is 2. The van der Waals surface area contributed by atoms with Gasteiger partial charge in [-0.05, 0) is 45.8 Å². The maximum atomic E-state index is 12.1. The third-order valence-electron chi connectivity index (χ3n) is 3.20. The Balaban J connectivity index is 1.97. The Morgan fingerprint density at radius 1 is 1.20 bits per heavy atom. The van der Waals surface area contributed by atoms with Crippen molar-refractivity contribution in [1.29, 1.82) is 0 Å². The van der Waals surface area contributed by atoms with Crippen LogP contribution < -0.4 is 5.73 Å². The Hall–Kier alpha value is -0.980. The second-order valence-electron chi connectivity index (χ2n) is 4.62. The summed E-state index contributed by atoms with van der Waals surface area (Å²) >= 11 is 5.02. The Morgan fingerprint density at radius 3 is 2.70 bits per heavy atom. The molecule has 2 aromatic carbocycles. The topological polar surface area (TPSA) is 60.2 Å². The third kappa shape index (κ3) is 2.47. The van der Waals surface area contributed by atoms with Gasteiger partial charge in [-0.15, -0.1) is 11.8 Å². The molecular weight excluding hydrogens is 358 g/mol. The molecule has 3 nitrogen and oxygen atoms in total. The van der Waals surface area contributed by atoms with Gasteiger partial charge in [0.15, 0.2) is 9.84 Å². The number of thioether (sulfide) groups is 1. The Labute approximate surface area is 130 Å². The van der Waals surface area contributed by atoms with Gasteiger partial charge in [-0.2, -0.15) is 0 Å². The van der Waals surface area contributed by atoms with Gasteiger partial charge >= 0.3 is 0 Å². The first-order valence-corrected chi connectivity index (χ1v) is 9.33. The van der Waals surface area contributed by atoms with E-state index in [2.05, 4.69) is 15.9 Å². The molecule has 1 aliphatic heterocycles. The van der Waals surface area contributed by atoms with E-state index in [9.17, 15) is 8.42 Å². The summed E-state index contributed by atoms with van der Waals surface area (Å²) in [6.07, 6.45) is 0. The molecule has 0 aliphatic carbocycles. The average molecular weight is 370 g/mol. The summed E-state index contributed by atoms with van der Waals surface area (Å²) in [6.45, 7) is 0. The lowest BCUT2D eigenvalue weighted by atomic mass is 10.2. The molecule has 1 unspecified atom stereocenters. The first-order chi connectivity index (χ1) is 9.47. The summed E-state index contributed by atoms with van der Waals surface area (Å²) in [4.78, 5) is 1.46. The minimum Gasteiger partial charge on any atom is -0.399 e. The van der Waals surface area contributed by atoms with Crippen molar-refractivity contribution in [2.45, 2.75) is 15.0 Å². The van der Waals surface area contributed by atoms with Crippen molar-refractivity contribution in [3.8, 4) is 0 Å². The molecule has 104 valence electrons. The molecule has 0 amide bonds. The van der Waals surface area contributed by atoms with Gasteiger partial charge in [-0.3, -0.25) is 0 Å². The van der Waals surface area contributed by atoms with Crippen LogP contribution in [0.25, 0.3) is 0 Å². The van der Waals surface area contributed by atoms with Crippen LogP contribution in [0.4, 0.5) is 5.69 Å². The van der Waals surface area contributed by atoms with Crippen molar-refractivity contribution in [2.75, 3.05) is 11.5 Å². The van der Waals surface area contributed by atoms with Crippen LogP contribution in [0.15, 0.2) is 56.7 Å². The number of hydrogen-bond donors (Lipinski definition) is 1. The van der Waals surface area contributed by atoms with E-state index in [1.807, 2.05) is 30.3 Å². The molecule has 1 heterocycles. The molecule has 0 bridgehead atoms. The van der Waals surface area contributed by atoms with Crippen molar-refractivity contribution in [3.05, 3.63) is 52.5 Å². The number of sulfone groups is 1. The van der Waals surface area contributed by atoms with E-state index < -0.39 is 9.84 Å². The Kier molecular flexibility index (Phi) is 3.56. The van der Waals surface area contributed by atoms with E-state index in [0.717, 1.165) is 14.9 Å². The lowest BCUT2D eigenvalue weighted by Gasteiger charge is -2.11. The van der Waals surface area contributed by atoms with E-state index in [0.29, 0.717) is 10.6 Å². The highest BCUT2D eigenvalue weighted by Gasteiger charge is 2.35. The highest BCUT2D eigenvalue weighted by molar-refractivity contribution is 9.10. The number of anilines is 1. The zero-order valence-corrected chi connectivity index (χ0v) is 13.6. The SMILES string of the molecule is Nc1ccc(SC2CS(=O)(=O)c3ccccc32)c(Br)c1. The van der Waals surface area contributed by atoms with Crippen LogP contribution in [0.3, 0.4) is 0 Å². The molecule has 0 saturated heterocycles. The van der Waals surface area contributed by atoms with Gasteiger partial charge in [-0.1, -0.05) is 18.2 Å². The van der Waals surface area contributed by atoms with Crippen molar-refractivity contribution in [3.63, 3.8) is 0 Å². The lowest BCUT2D eigenvalue weighted by molar-refractivity contribution is 0.600. The fourth-order valence-corrected chi connectivity index (χ4v) is 6.40. The van der Waals surface area contributed by atoms with Gasteiger partial charge in [0.2, 0.25) is 0 Å². The average Bonchev–Trinajstić information content (AvgIpc) is 2.65. The first-order valence-electron chi connectivity index (χ1n) is 6.01. The molecule has 0 fully saturated rings. The first kappa shape index (κ1) is 14.0. The summed E-state index contributed by atoms with van der Waals surface area (Å²) in [5.74, 6) is 0.147. The minimum atomic E-state index is -3.16. The summed E-state index contributed by atoms with van der Waals surface area (Å²) in [5, 5.41) is -0.0730. The van der Waals surface area contributed by atoms with Gasteiger partial charge in [0, 0.05) is 15.1 Å². The number of nitrogen functional groups attached to an aromatic ring is 1. The fourth-order valence-electron chi connectivity index (χ4n) is 2.27. The van der Waals surface area contributed by atoms with Gasteiger partial charge < -0.3 is 5.73 Å². The van der Waals surface area contributed by atoms with Crippen LogP contribution in [0.1, 0.15) is 10.8 Å². The second kappa shape index (κ2) is 5.09. The van der Waals surface area contributed by atoms with Gasteiger partial charge in [-0.25, -0.2) is 8.42 Å². The molecule has 0 radical (unpaired) electrons. The standard InChI is InChI=1S/C14H12BrNO2S2/c15-11-7-9(16)5-6-12(11)19-13-8-20(17,18)14-4-2-1-3-10(13)14/h1-7,13H,8,16H2. The number of fused-ring (bicyclic) bond motifs is 1. The molecule has 2 N–H and O–H groups in total. The van der Waals surface area contributed by atoms with Crippen molar-refractivity contribution in [1.82, 2.24) is 0 Å². The monoisotopic (exact) mass is 369 g/mol. The third-order valence-corrected chi connectivity index (χ3v) is 7.46. The van der Waals surface area contributed by atoms with Crippen LogP contribution in [-0.4, -0.2) is 14.2 Å². The maximum absolute atomic E-state index is 12.1. The number of rotatable bonds is 2. The molecule has 0 spiro atoms. The van der Waals surface area contributed by atoms with E-state index in [4.69, 9.17) is 5.73 Å². The van der Waals surface area contributed by atoms with Gasteiger partial charge in [0.25, 0.3) is 0 Å². The molecule has 3 rings (SSSR count). The van der Waals surface area contributed by atoms with Crippen LogP contribution in [0, 0.1) is 0 Å². The normalized spacial score (nSPS) is 19.8. The van der Waals surface area contributed by atoms with Crippen LogP contribution >= 0.6 is 27.7 Å². The van der Waals surface area contributed by atoms with Crippen molar-refractivity contribution < 1.29 is 8.42 Å². The molecule has 2 aromatic rings. The highest BCUT2D eigenvalue weighted by Crippen LogP contribution is 2.46. The Morgan fingerprint density at radius 2 is 1.95 bits per heavy atom. The number of hydrogen-bond acceptors (Lipinski definition) is 4. The minimum absolute atomic E-state index is 0.0730. The molecule has 0 saturated carbocycles. The van der Waals surface area contributed by atoms with E-state index in [1.54, 1.807) is 23.9 Å². The molecule has 20 heavy (non-hydrogen) atoms. The fraction of sp³-hybridized carbons (Fsp3) is 0.143. The van der Waals surface area contributed by atoms with Crippen LogP contribution in [0.5, 0.6) is 0 Å². The smallest absolute Gasteiger partial charge is 0.180 e. The molecule has 1 atom stereocenters. The van der Waals surface area contributed by atoms with Crippen molar-refractivity contribution in [2.24, 2.45) is 0 Å². The highest BCUT2D eigenvalue weighted by atomic mass is 79.9. The van der Waals surface area contributed by atoms with Gasteiger partial charge in [0.1, 0.15) is 0 Å². The maximum Gasteiger partial charge on any atom is 0.180 e. The lowest BCUT2D eigenvalue weighted by Crippen LogP contribution is -2.01. The summed E-state index contributed by atoms with van der Waals surface area (Å²) in [6, 6.07) is 12.8. The summed E-state index contributed by atoms with van der Waals surface area (Å²) in [7, 11) is -3.16. The van der Waals surface area contributed by atoms with E-state index in [1.165, 1.54) is 0 Å². The molecular formula is C14H12BrNO2S2. The summed E-state index contributed by atoms with van der Waals surface area (Å²) in [5.41, 5.74) is 7.29. The van der Waals surface area contributed by atoms with Crippen LogP contribution in [-0.2, 0) is 9.84 Å². The zero-order chi connectivity index (χ0) is 14.3. The van der Waals surface area contributed by atoms with Crippen LogP contribution in [0.2, 0.25) is 0 Å². The van der Waals surface area contributed by atoms with Crippen molar-refractivity contribution >= 4 is 43.2 Å². The number of nitrogens with two attached hydrogens (primary N) is 1. The van der Waals surface area contributed by atoms with E-state index >= 15 is 0 Å². The predicted molar refractivity (Wildman–Crippen MR) is 85.6 cm³/mol. The summed E-state index contributed by atoms with van der Waals surface area (Å²) < 4.78 is 25.2.